The molecule has 2 rings (SSSR count). The minimum absolute atomic E-state index is 0.601. The summed E-state index contributed by atoms with van der Waals surface area (Å²) in [6.45, 7) is 5.63. The molecule has 0 saturated heterocycles. The van der Waals surface area contributed by atoms with Gasteiger partial charge in [-0.15, -0.1) is 0 Å². The van der Waals surface area contributed by atoms with Crippen LogP contribution in [0.3, 0.4) is 0 Å². The van der Waals surface area contributed by atoms with Gasteiger partial charge in [0.05, 0.1) is 11.2 Å². The van der Waals surface area contributed by atoms with E-state index in [4.69, 9.17) is 11.5 Å². The molecule has 0 amide bonds. The van der Waals surface area contributed by atoms with Crippen LogP contribution in [0.2, 0.25) is 0 Å². The van der Waals surface area contributed by atoms with Gasteiger partial charge < -0.3 is 11.5 Å². The van der Waals surface area contributed by atoms with Crippen molar-refractivity contribution in [1.29, 1.82) is 0 Å². The summed E-state index contributed by atoms with van der Waals surface area (Å²) in [5.41, 5.74) is 15.6. The number of hydrogen-bond acceptors (Lipinski definition) is 3. The van der Waals surface area contributed by atoms with E-state index < -0.39 is 0 Å². The van der Waals surface area contributed by atoms with Gasteiger partial charge in [-0.3, -0.25) is 0 Å². The summed E-state index contributed by atoms with van der Waals surface area (Å²) >= 11 is 0. The normalized spacial score (nSPS) is 11.7. The third-order valence-corrected chi connectivity index (χ3v) is 2.61. The Labute approximate surface area is 100 Å². The minimum Gasteiger partial charge on any atom is -0.399 e. The predicted molar refractivity (Wildman–Crippen MR) is 73.3 cm³/mol. The van der Waals surface area contributed by atoms with Crippen molar-refractivity contribution < 1.29 is 0 Å². The highest BCUT2D eigenvalue weighted by Crippen LogP contribution is 2.20. The van der Waals surface area contributed by atoms with Gasteiger partial charge >= 0.3 is 0 Å². The van der Waals surface area contributed by atoms with Crippen LogP contribution >= 0.6 is 0 Å². The molecule has 4 N–H and O–H groups in total. The number of nitrogens with two attached hydrogens (primary N) is 2. The van der Waals surface area contributed by atoms with Crippen LogP contribution in [0.5, 0.6) is 0 Å². The van der Waals surface area contributed by atoms with Crippen LogP contribution in [-0.2, 0) is 0 Å². The minimum atomic E-state index is 0.601. The lowest BCUT2D eigenvalue weighted by molar-refractivity contribution is 1.28. The van der Waals surface area contributed by atoms with E-state index >= 15 is 0 Å². The van der Waals surface area contributed by atoms with Crippen molar-refractivity contribution in [2.24, 2.45) is 5.73 Å². The van der Waals surface area contributed by atoms with Crippen molar-refractivity contribution in [1.82, 2.24) is 4.98 Å². The molecule has 86 valence electrons. The summed E-state index contributed by atoms with van der Waals surface area (Å²) in [7, 11) is 0. The number of nitrogen functional groups attached to an aromatic ring is 1. The molecule has 0 atom stereocenters. The Hall–Kier alpha value is -2.29. The number of nitrogens with zero attached hydrogens (tertiary/aromatic N) is 1. The Morgan fingerprint density at radius 3 is 2.82 bits per heavy atom. The monoisotopic (exact) mass is 225 g/mol. The van der Waals surface area contributed by atoms with Gasteiger partial charge in [-0.25, -0.2) is 4.98 Å². The van der Waals surface area contributed by atoms with Gasteiger partial charge in [0.25, 0.3) is 0 Å². The van der Waals surface area contributed by atoms with Crippen molar-refractivity contribution in [2.45, 2.75) is 6.92 Å². The molecule has 0 aliphatic carbocycles. The van der Waals surface area contributed by atoms with Crippen LogP contribution in [0.4, 0.5) is 5.69 Å². The summed E-state index contributed by atoms with van der Waals surface area (Å²) in [5, 5.41) is 1.08. The maximum absolute atomic E-state index is 5.74. The summed E-state index contributed by atoms with van der Waals surface area (Å²) < 4.78 is 0. The Morgan fingerprint density at radius 2 is 2.12 bits per heavy atom. The first-order valence-corrected chi connectivity index (χ1v) is 5.36. The number of fused-ring (bicyclic) bond motifs is 1. The molecular formula is C14H15N3. The quantitative estimate of drug-likeness (QED) is 0.610. The van der Waals surface area contributed by atoms with Crippen LogP contribution < -0.4 is 11.5 Å². The highest BCUT2D eigenvalue weighted by molar-refractivity contribution is 5.83. The second kappa shape index (κ2) is 4.29. The molecule has 1 aromatic heterocycles. The van der Waals surface area contributed by atoms with E-state index in [0.717, 1.165) is 22.2 Å². The highest BCUT2D eigenvalue weighted by atomic mass is 14.7. The number of pyridine rings is 1. The molecule has 17 heavy (non-hydrogen) atoms. The molecular weight excluding hydrogens is 210 g/mol. The maximum Gasteiger partial charge on any atom is 0.0729 e. The summed E-state index contributed by atoms with van der Waals surface area (Å²) in [4.78, 5) is 4.54. The largest absolute Gasteiger partial charge is 0.399 e. The molecule has 0 spiro atoms. The molecule has 0 aliphatic heterocycles. The lowest BCUT2D eigenvalue weighted by Gasteiger charge is -2.05. The van der Waals surface area contributed by atoms with Gasteiger partial charge in [-0.05, 0) is 42.8 Å². The zero-order valence-corrected chi connectivity index (χ0v) is 9.77. The number of allylic oxidation sites excluding steroid dienone is 1. The molecule has 1 heterocycles. The second-order valence-electron chi connectivity index (χ2n) is 3.99. The third kappa shape index (κ3) is 2.28. The Balaban J connectivity index is 2.65. The fraction of sp³-hybridized carbons (Fsp3) is 0.0714. The molecule has 0 fully saturated rings. The van der Waals surface area contributed by atoms with Gasteiger partial charge in [0, 0.05) is 16.8 Å². The molecule has 2 aromatic rings. The molecule has 0 radical (unpaired) electrons. The van der Waals surface area contributed by atoms with Gasteiger partial charge in [0.15, 0.2) is 0 Å². The van der Waals surface area contributed by atoms with Crippen molar-refractivity contribution in [2.75, 3.05) is 5.73 Å². The molecule has 0 bridgehead atoms. The summed E-state index contributed by atoms with van der Waals surface area (Å²) in [6, 6.07) is 7.77. The van der Waals surface area contributed by atoms with Crippen molar-refractivity contribution >= 4 is 22.7 Å². The smallest absolute Gasteiger partial charge is 0.0729 e. The fourth-order valence-corrected chi connectivity index (χ4v) is 1.67. The third-order valence-electron chi connectivity index (χ3n) is 2.61. The zero-order chi connectivity index (χ0) is 12.4. The predicted octanol–water partition coefficient (Wildman–Crippen LogP) is 2.61. The molecule has 3 heteroatoms. The average molecular weight is 225 g/mol. The van der Waals surface area contributed by atoms with Crippen molar-refractivity contribution in [3.05, 3.63) is 53.9 Å². The number of aryl methyl sites for hydroxylation is 1. The first-order chi connectivity index (χ1) is 8.10. The summed E-state index contributed by atoms with van der Waals surface area (Å²) in [5.74, 6) is 0. The van der Waals surface area contributed by atoms with Crippen molar-refractivity contribution in [3.8, 4) is 0 Å². The molecule has 1 aromatic carbocycles. The molecule has 0 aliphatic rings. The fourth-order valence-electron chi connectivity index (χ4n) is 1.67. The van der Waals surface area contributed by atoms with Gasteiger partial charge in [0.1, 0.15) is 0 Å². The van der Waals surface area contributed by atoms with E-state index in [9.17, 15) is 0 Å². The van der Waals surface area contributed by atoms with Crippen LogP contribution in [-0.4, -0.2) is 4.98 Å². The Bertz CT molecular complexity index is 612. The van der Waals surface area contributed by atoms with Gasteiger partial charge in [-0.2, -0.15) is 0 Å². The number of anilines is 1. The SMILES string of the molecule is C=C/C(N)=C\c1nc2cc(N)ccc2cc1C. The lowest BCUT2D eigenvalue weighted by atomic mass is 10.1. The standard InChI is InChI=1S/C14H15N3/c1-3-11(15)7-13-9(2)6-10-4-5-12(16)8-14(10)17-13/h3-8H,1,15-16H2,2H3/b11-7+. The Kier molecular flexibility index (Phi) is 2.83. The van der Waals surface area contributed by atoms with E-state index in [-0.39, 0.29) is 0 Å². The van der Waals surface area contributed by atoms with Gasteiger partial charge in [-0.1, -0.05) is 12.6 Å². The van der Waals surface area contributed by atoms with Crippen molar-refractivity contribution in [3.63, 3.8) is 0 Å². The van der Waals surface area contributed by atoms with Gasteiger partial charge in [0.2, 0.25) is 0 Å². The van der Waals surface area contributed by atoms with Crippen LogP contribution in [0.1, 0.15) is 11.3 Å². The topological polar surface area (TPSA) is 64.9 Å². The first-order valence-electron chi connectivity index (χ1n) is 5.36. The molecule has 0 saturated carbocycles. The maximum atomic E-state index is 5.74. The summed E-state index contributed by atoms with van der Waals surface area (Å²) in [6.07, 6.45) is 3.41. The number of aromatic nitrogens is 1. The second-order valence-corrected chi connectivity index (χ2v) is 3.99. The zero-order valence-electron chi connectivity index (χ0n) is 9.77. The van der Waals surface area contributed by atoms with Crippen LogP contribution in [0.15, 0.2) is 42.6 Å². The average Bonchev–Trinajstić information content (AvgIpc) is 2.30. The molecule has 3 nitrogen and oxygen atoms in total. The number of rotatable bonds is 2. The van der Waals surface area contributed by atoms with Crippen LogP contribution in [0, 0.1) is 6.92 Å². The molecule has 0 unspecified atom stereocenters. The first kappa shape index (κ1) is 11.2. The van der Waals surface area contributed by atoms with E-state index in [1.807, 2.05) is 31.2 Å². The Morgan fingerprint density at radius 1 is 1.35 bits per heavy atom. The van der Waals surface area contributed by atoms with E-state index in [1.54, 1.807) is 6.08 Å². The van der Waals surface area contributed by atoms with E-state index in [2.05, 4.69) is 17.6 Å². The van der Waals surface area contributed by atoms with Crippen LogP contribution in [0.25, 0.3) is 17.0 Å². The van der Waals surface area contributed by atoms with E-state index in [1.165, 1.54) is 0 Å². The number of hydrogen-bond donors (Lipinski definition) is 2. The van der Waals surface area contributed by atoms with E-state index in [0.29, 0.717) is 11.4 Å². The highest BCUT2D eigenvalue weighted by Gasteiger charge is 2.02. The number of benzene rings is 1. The lowest BCUT2D eigenvalue weighted by Crippen LogP contribution is -1.96.